The lowest BCUT2D eigenvalue weighted by atomic mass is 10.2. The number of nitro groups is 1. The molecule has 1 atom stereocenters. The van der Waals surface area contributed by atoms with Crippen molar-refractivity contribution in [1.29, 1.82) is 0 Å². The highest BCUT2D eigenvalue weighted by atomic mass is 35.5. The molecule has 5 nitrogen and oxygen atoms in total. The highest BCUT2D eigenvalue weighted by molar-refractivity contribution is 6.32. The highest BCUT2D eigenvalue weighted by Crippen LogP contribution is 2.28. The molecule has 1 rings (SSSR count). The molecule has 0 N–H and O–H groups in total. The van der Waals surface area contributed by atoms with Crippen LogP contribution in [0.25, 0.3) is 0 Å². The Kier molecular flexibility index (Phi) is 3.84. The predicted octanol–water partition coefficient (Wildman–Crippen LogP) is 2.60. The number of hydrogen-bond donors (Lipinski definition) is 0. The van der Waals surface area contributed by atoms with Crippen LogP contribution in [0.4, 0.5) is 5.69 Å². The van der Waals surface area contributed by atoms with Crippen molar-refractivity contribution in [1.82, 2.24) is 0 Å². The van der Waals surface area contributed by atoms with E-state index >= 15 is 0 Å². The summed E-state index contributed by atoms with van der Waals surface area (Å²) in [6.45, 7) is 3.00. The Labute approximate surface area is 97.1 Å². The summed E-state index contributed by atoms with van der Waals surface area (Å²) in [5.41, 5.74) is -0.190. The summed E-state index contributed by atoms with van der Waals surface area (Å²) < 4.78 is 5.23. The molecule has 0 saturated heterocycles. The fraction of sp³-hybridized carbons (Fsp3) is 0.300. The maximum atomic E-state index is 10.9. The molecule has 0 fully saturated rings. The molecular formula is C10H10ClNO4. The van der Waals surface area contributed by atoms with Gasteiger partial charge in [0.25, 0.3) is 5.69 Å². The third kappa shape index (κ3) is 2.93. The van der Waals surface area contributed by atoms with Gasteiger partial charge in [0.05, 0.1) is 4.92 Å². The lowest BCUT2D eigenvalue weighted by molar-refractivity contribution is -0.384. The van der Waals surface area contributed by atoms with Crippen LogP contribution in [0.3, 0.4) is 0 Å². The van der Waals surface area contributed by atoms with Gasteiger partial charge in [0, 0.05) is 12.1 Å². The molecule has 0 aliphatic rings. The average molecular weight is 244 g/mol. The van der Waals surface area contributed by atoms with Crippen LogP contribution < -0.4 is 4.74 Å². The van der Waals surface area contributed by atoms with E-state index in [1.54, 1.807) is 6.92 Å². The summed E-state index contributed by atoms with van der Waals surface area (Å²) in [7, 11) is 0. The standard InChI is InChI=1S/C10H10ClNO4/c1-6(13)7(2)16-8-3-4-10(12(14)15)9(11)5-8/h3-5,7H,1-2H3. The summed E-state index contributed by atoms with van der Waals surface area (Å²) in [5.74, 6) is 0.202. The second kappa shape index (κ2) is 4.94. The second-order valence-corrected chi connectivity index (χ2v) is 3.65. The van der Waals surface area contributed by atoms with Gasteiger partial charge in [0.1, 0.15) is 10.8 Å². The Balaban J connectivity index is 2.89. The molecule has 0 spiro atoms. The van der Waals surface area contributed by atoms with Crippen LogP contribution in [-0.2, 0) is 4.79 Å². The normalized spacial score (nSPS) is 11.9. The fourth-order valence-corrected chi connectivity index (χ4v) is 1.24. The van der Waals surface area contributed by atoms with Gasteiger partial charge in [-0.05, 0) is 19.9 Å². The number of carbonyl (C=O) groups is 1. The molecule has 0 heterocycles. The van der Waals surface area contributed by atoms with Gasteiger partial charge >= 0.3 is 0 Å². The molecule has 0 bridgehead atoms. The van der Waals surface area contributed by atoms with Gasteiger partial charge in [0.2, 0.25) is 0 Å². The molecular weight excluding hydrogens is 234 g/mol. The van der Waals surface area contributed by atoms with Gasteiger partial charge in [-0.1, -0.05) is 11.6 Å². The lowest BCUT2D eigenvalue weighted by Crippen LogP contribution is -2.20. The number of nitrogens with zero attached hydrogens (tertiary/aromatic N) is 1. The molecule has 86 valence electrons. The number of ketones is 1. The quantitative estimate of drug-likeness (QED) is 0.602. The van der Waals surface area contributed by atoms with E-state index in [-0.39, 0.29) is 16.5 Å². The summed E-state index contributed by atoms with van der Waals surface area (Å²) in [6.07, 6.45) is -0.600. The minimum Gasteiger partial charge on any atom is -0.483 e. The Bertz CT molecular complexity index is 433. The number of carbonyl (C=O) groups excluding carboxylic acids is 1. The van der Waals surface area contributed by atoms with E-state index < -0.39 is 11.0 Å². The van der Waals surface area contributed by atoms with Crippen molar-refractivity contribution in [2.24, 2.45) is 0 Å². The molecule has 0 aliphatic carbocycles. The number of Topliss-reactive ketones (excluding diaryl/α,β-unsaturated/α-hetero) is 1. The first kappa shape index (κ1) is 12.4. The van der Waals surface area contributed by atoms with Crippen LogP contribution in [0.5, 0.6) is 5.75 Å². The molecule has 1 unspecified atom stereocenters. The number of hydrogen-bond acceptors (Lipinski definition) is 4. The van der Waals surface area contributed by atoms with Gasteiger partial charge < -0.3 is 4.74 Å². The maximum absolute atomic E-state index is 10.9. The number of rotatable bonds is 4. The van der Waals surface area contributed by atoms with Crippen LogP contribution in [0.1, 0.15) is 13.8 Å². The maximum Gasteiger partial charge on any atom is 0.288 e. The highest BCUT2D eigenvalue weighted by Gasteiger charge is 2.15. The Hall–Kier alpha value is -1.62. The minimum atomic E-state index is -0.600. The molecule has 16 heavy (non-hydrogen) atoms. The van der Waals surface area contributed by atoms with E-state index in [0.717, 1.165) is 0 Å². The monoisotopic (exact) mass is 243 g/mol. The first-order valence-corrected chi connectivity index (χ1v) is 4.90. The lowest BCUT2D eigenvalue weighted by Gasteiger charge is -2.11. The van der Waals surface area contributed by atoms with Crippen LogP contribution in [-0.4, -0.2) is 16.8 Å². The van der Waals surface area contributed by atoms with Crippen LogP contribution >= 0.6 is 11.6 Å². The minimum absolute atomic E-state index is 0.0155. The molecule has 0 aliphatic heterocycles. The van der Waals surface area contributed by atoms with Gasteiger partial charge in [-0.2, -0.15) is 0 Å². The molecule has 0 saturated carbocycles. The second-order valence-electron chi connectivity index (χ2n) is 3.24. The fourth-order valence-electron chi connectivity index (χ4n) is 0.996. The zero-order valence-corrected chi connectivity index (χ0v) is 9.52. The van der Waals surface area contributed by atoms with E-state index in [1.165, 1.54) is 25.1 Å². The number of ether oxygens (including phenoxy) is 1. The van der Waals surface area contributed by atoms with Crippen molar-refractivity contribution in [2.75, 3.05) is 0 Å². The van der Waals surface area contributed by atoms with E-state index in [1.807, 2.05) is 0 Å². The molecule has 1 aromatic rings. The van der Waals surface area contributed by atoms with Crippen LogP contribution in [0.15, 0.2) is 18.2 Å². The van der Waals surface area contributed by atoms with E-state index in [0.29, 0.717) is 5.75 Å². The van der Waals surface area contributed by atoms with Gasteiger partial charge in [-0.15, -0.1) is 0 Å². The predicted molar refractivity (Wildman–Crippen MR) is 58.9 cm³/mol. The van der Waals surface area contributed by atoms with Crippen molar-refractivity contribution >= 4 is 23.1 Å². The third-order valence-corrected chi connectivity index (χ3v) is 2.30. The molecule has 1 aromatic carbocycles. The smallest absolute Gasteiger partial charge is 0.288 e. The number of nitro benzene ring substituents is 1. The summed E-state index contributed by atoms with van der Waals surface area (Å²) in [6, 6.07) is 3.97. The van der Waals surface area contributed by atoms with E-state index in [2.05, 4.69) is 0 Å². The van der Waals surface area contributed by atoms with Crippen molar-refractivity contribution in [2.45, 2.75) is 20.0 Å². The van der Waals surface area contributed by atoms with E-state index in [9.17, 15) is 14.9 Å². The Morgan fingerprint density at radius 3 is 2.62 bits per heavy atom. The van der Waals surface area contributed by atoms with Gasteiger partial charge in [-0.25, -0.2) is 0 Å². The van der Waals surface area contributed by atoms with Crippen LogP contribution in [0.2, 0.25) is 5.02 Å². The largest absolute Gasteiger partial charge is 0.483 e. The van der Waals surface area contributed by atoms with Crippen LogP contribution in [0, 0.1) is 10.1 Å². The molecule has 0 radical (unpaired) electrons. The first-order valence-electron chi connectivity index (χ1n) is 4.53. The summed E-state index contributed by atoms with van der Waals surface area (Å²) >= 11 is 5.68. The summed E-state index contributed by atoms with van der Waals surface area (Å²) in [4.78, 5) is 20.8. The molecule has 0 amide bonds. The van der Waals surface area contributed by atoms with Crippen molar-refractivity contribution < 1.29 is 14.5 Å². The Morgan fingerprint density at radius 2 is 2.19 bits per heavy atom. The van der Waals surface area contributed by atoms with E-state index in [4.69, 9.17) is 16.3 Å². The zero-order valence-electron chi connectivity index (χ0n) is 8.77. The Morgan fingerprint density at radius 1 is 1.56 bits per heavy atom. The molecule has 0 aromatic heterocycles. The SMILES string of the molecule is CC(=O)C(C)Oc1ccc([N+](=O)[O-])c(Cl)c1. The number of benzene rings is 1. The average Bonchev–Trinajstić information content (AvgIpc) is 2.16. The summed E-state index contributed by atoms with van der Waals surface area (Å²) in [5, 5.41) is 10.5. The van der Waals surface area contributed by atoms with Crippen molar-refractivity contribution in [3.63, 3.8) is 0 Å². The number of halogens is 1. The zero-order chi connectivity index (χ0) is 12.3. The topological polar surface area (TPSA) is 69.4 Å². The van der Waals surface area contributed by atoms with Crippen molar-refractivity contribution in [3.8, 4) is 5.75 Å². The first-order chi connectivity index (χ1) is 7.41. The van der Waals surface area contributed by atoms with Gasteiger partial charge in [-0.3, -0.25) is 14.9 Å². The third-order valence-electron chi connectivity index (χ3n) is 2.00. The molecule has 6 heteroatoms. The van der Waals surface area contributed by atoms with Crippen molar-refractivity contribution in [3.05, 3.63) is 33.3 Å². The van der Waals surface area contributed by atoms with Gasteiger partial charge in [0.15, 0.2) is 11.9 Å².